The van der Waals surface area contributed by atoms with Gasteiger partial charge in [0.25, 0.3) is 10.2 Å². The molecule has 11 heteroatoms. The van der Waals surface area contributed by atoms with Crippen LogP contribution in [0.25, 0.3) is 0 Å². The average Bonchev–Trinajstić information content (AvgIpc) is 2.80. The van der Waals surface area contributed by atoms with Crippen LogP contribution in [0.5, 0.6) is 0 Å². The smallest absolute Gasteiger partial charge is 0.277 e. The zero-order valence-corrected chi connectivity index (χ0v) is 19.5. The first kappa shape index (κ1) is 23.1. The summed E-state index contributed by atoms with van der Waals surface area (Å²) < 4.78 is 51.8. The van der Waals surface area contributed by atoms with Crippen molar-refractivity contribution < 1.29 is 16.8 Å². The van der Waals surface area contributed by atoms with Gasteiger partial charge in [-0.25, -0.2) is 18.5 Å². The van der Waals surface area contributed by atoms with Gasteiger partial charge in [-0.05, 0) is 42.9 Å². The van der Waals surface area contributed by atoms with E-state index in [-0.39, 0.29) is 18.0 Å². The molecule has 0 bridgehead atoms. The third-order valence-electron chi connectivity index (χ3n) is 6.22. The Morgan fingerprint density at radius 2 is 1.50 bits per heavy atom. The molecule has 0 radical (unpaired) electrons. The molecule has 2 fully saturated rings. The second-order valence-electron chi connectivity index (χ2n) is 8.32. The second kappa shape index (κ2) is 9.44. The van der Waals surface area contributed by atoms with Crippen LogP contribution in [0.15, 0.2) is 53.6 Å². The predicted octanol–water partition coefficient (Wildman–Crippen LogP) is 1.05. The van der Waals surface area contributed by atoms with Crippen molar-refractivity contribution in [1.82, 2.24) is 13.6 Å². The fourth-order valence-corrected chi connectivity index (χ4v) is 6.42. The Morgan fingerprint density at radius 3 is 2.06 bits per heavy atom. The van der Waals surface area contributed by atoms with Crippen LogP contribution in [0.1, 0.15) is 18.4 Å². The van der Waals surface area contributed by atoms with E-state index in [4.69, 9.17) is 5.14 Å². The van der Waals surface area contributed by atoms with E-state index in [2.05, 4.69) is 17.1 Å². The molecule has 2 aliphatic rings. The first-order chi connectivity index (χ1) is 15.2. The Kier molecular flexibility index (Phi) is 6.82. The molecule has 4 rings (SSSR count). The lowest BCUT2D eigenvalue weighted by Crippen LogP contribution is -2.50. The Labute approximate surface area is 190 Å². The van der Waals surface area contributed by atoms with Crippen LogP contribution in [-0.4, -0.2) is 69.7 Å². The van der Waals surface area contributed by atoms with Crippen LogP contribution < -0.4 is 10.0 Å². The molecular weight excluding hydrogens is 450 g/mol. The summed E-state index contributed by atoms with van der Waals surface area (Å²) in [6, 6.07) is 13.6. The van der Waals surface area contributed by atoms with Crippen LogP contribution in [0.4, 0.5) is 5.82 Å². The van der Waals surface area contributed by atoms with Crippen molar-refractivity contribution in [2.24, 2.45) is 11.1 Å². The molecule has 0 spiro atoms. The highest BCUT2D eigenvalue weighted by Gasteiger charge is 2.30. The van der Waals surface area contributed by atoms with Crippen LogP contribution in [0, 0.1) is 5.92 Å². The Bertz CT molecular complexity index is 1110. The molecule has 3 heterocycles. The van der Waals surface area contributed by atoms with Gasteiger partial charge in [-0.15, -0.1) is 0 Å². The summed E-state index contributed by atoms with van der Waals surface area (Å²) in [4.78, 5) is 6.45. The van der Waals surface area contributed by atoms with Gasteiger partial charge in [0.15, 0.2) is 0 Å². The Hall–Kier alpha value is -2.05. The van der Waals surface area contributed by atoms with Crippen molar-refractivity contribution in [2.75, 3.05) is 44.2 Å². The van der Waals surface area contributed by atoms with Crippen molar-refractivity contribution in [3.05, 3.63) is 54.2 Å². The number of aromatic nitrogens is 1. The van der Waals surface area contributed by atoms with Gasteiger partial charge in [-0.1, -0.05) is 30.3 Å². The van der Waals surface area contributed by atoms with Gasteiger partial charge in [0.05, 0.1) is 0 Å². The highest BCUT2D eigenvalue weighted by atomic mass is 32.2. The monoisotopic (exact) mass is 479 g/mol. The summed E-state index contributed by atoms with van der Waals surface area (Å²) >= 11 is 0. The highest BCUT2D eigenvalue weighted by molar-refractivity contribution is 7.89. The number of nitrogens with zero attached hydrogens (tertiary/aromatic N) is 4. The number of pyridine rings is 1. The van der Waals surface area contributed by atoms with Gasteiger partial charge in [-0.3, -0.25) is 0 Å². The van der Waals surface area contributed by atoms with Crippen molar-refractivity contribution in [3.8, 4) is 0 Å². The maximum Gasteiger partial charge on any atom is 0.277 e. The zero-order valence-electron chi connectivity index (χ0n) is 17.9. The standard InChI is InChI=1S/C21H29N5O4S2/c22-32(29,30)26-14-12-24(13-15-26)21-7-6-20(17-23-21)31(27,28)25-10-8-19(9-11-25)16-18-4-2-1-3-5-18/h1-7,17,19H,8-16H2,(H2,22,29,30). The van der Waals surface area contributed by atoms with E-state index in [0.717, 1.165) is 19.3 Å². The first-order valence-electron chi connectivity index (χ1n) is 10.8. The number of sulfonamides is 1. The molecular formula is C21H29N5O4S2. The Morgan fingerprint density at radius 1 is 0.844 bits per heavy atom. The molecule has 2 aromatic rings. The molecule has 0 saturated carbocycles. The van der Waals surface area contributed by atoms with E-state index in [1.807, 2.05) is 23.1 Å². The fraction of sp³-hybridized carbons (Fsp3) is 0.476. The molecule has 0 unspecified atom stereocenters. The number of benzene rings is 1. The molecule has 32 heavy (non-hydrogen) atoms. The van der Waals surface area contributed by atoms with E-state index in [1.54, 1.807) is 16.4 Å². The molecule has 0 atom stereocenters. The number of hydrogen-bond donors (Lipinski definition) is 1. The van der Waals surface area contributed by atoms with Gasteiger partial charge in [0.2, 0.25) is 10.0 Å². The topological polar surface area (TPSA) is 117 Å². The predicted molar refractivity (Wildman–Crippen MR) is 123 cm³/mol. The molecule has 174 valence electrons. The molecule has 2 saturated heterocycles. The van der Waals surface area contributed by atoms with Crippen LogP contribution >= 0.6 is 0 Å². The summed E-state index contributed by atoms with van der Waals surface area (Å²) in [5.74, 6) is 1.11. The maximum absolute atomic E-state index is 13.1. The minimum atomic E-state index is -3.69. The normalized spacial score (nSPS) is 19.8. The number of piperazine rings is 1. The van der Waals surface area contributed by atoms with Crippen molar-refractivity contribution in [2.45, 2.75) is 24.2 Å². The molecule has 9 nitrogen and oxygen atoms in total. The van der Waals surface area contributed by atoms with Crippen molar-refractivity contribution >= 4 is 26.1 Å². The summed E-state index contributed by atoms with van der Waals surface area (Å²) in [6.07, 6.45) is 4.05. The summed E-state index contributed by atoms with van der Waals surface area (Å²) in [5.41, 5.74) is 1.29. The minimum Gasteiger partial charge on any atom is -0.354 e. The summed E-state index contributed by atoms with van der Waals surface area (Å²) in [7, 11) is -7.28. The minimum absolute atomic E-state index is 0.186. The largest absolute Gasteiger partial charge is 0.354 e. The second-order valence-corrected chi connectivity index (χ2v) is 11.8. The SMILES string of the molecule is NS(=O)(=O)N1CCN(c2ccc(S(=O)(=O)N3CCC(Cc4ccccc4)CC3)cn2)CC1. The van der Waals surface area contributed by atoms with Crippen molar-refractivity contribution in [3.63, 3.8) is 0 Å². The molecule has 1 aromatic heterocycles. The van der Waals surface area contributed by atoms with Gasteiger partial charge >= 0.3 is 0 Å². The lowest BCUT2D eigenvalue weighted by molar-refractivity contribution is 0.273. The van der Waals surface area contributed by atoms with E-state index >= 15 is 0 Å². The van der Waals surface area contributed by atoms with Crippen molar-refractivity contribution in [1.29, 1.82) is 0 Å². The summed E-state index contributed by atoms with van der Waals surface area (Å²) in [5, 5.41) is 5.17. The lowest BCUT2D eigenvalue weighted by atomic mass is 9.91. The zero-order chi connectivity index (χ0) is 22.8. The molecule has 0 amide bonds. The quantitative estimate of drug-likeness (QED) is 0.662. The van der Waals surface area contributed by atoms with Gasteiger partial charge in [0, 0.05) is 45.5 Å². The lowest BCUT2D eigenvalue weighted by Gasteiger charge is -2.34. The number of rotatable bonds is 6. The van der Waals surface area contributed by atoms with Crippen LogP contribution in [0.3, 0.4) is 0 Å². The Balaban J connectivity index is 1.34. The number of piperidine rings is 1. The third kappa shape index (κ3) is 5.29. The first-order valence-corrected chi connectivity index (χ1v) is 13.7. The van der Waals surface area contributed by atoms with E-state index < -0.39 is 20.2 Å². The highest BCUT2D eigenvalue weighted by Crippen LogP contribution is 2.26. The number of anilines is 1. The third-order valence-corrected chi connectivity index (χ3v) is 9.19. The van der Waals surface area contributed by atoms with Gasteiger partial charge in [-0.2, -0.15) is 17.0 Å². The number of hydrogen-bond acceptors (Lipinski definition) is 6. The summed E-state index contributed by atoms with van der Waals surface area (Å²) in [6.45, 7) is 2.47. The molecule has 2 aliphatic heterocycles. The average molecular weight is 480 g/mol. The van der Waals surface area contributed by atoms with Crippen LogP contribution in [0.2, 0.25) is 0 Å². The van der Waals surface area contributed by atoms with Gasteiger partial charge in [0.1, 0.15) is 10.7 Å². The molecule has 2 N–H and O–H groups in total. The molecule has 0 aliphatic carbocycles. The maximum atomic E-state index is 13.1. The van der Waals surface area contributed by atoms with Gasteiger partial charge < -0.3 is 4.90 Å². The van der Waals surface area contributed by atoms with E-state index in [9.17, 15) is 16.8 Å². The molecule has 1 aromatic carbocycles. The van der Waals surface area contributed by atoms with Crippen LogP contribution in [-0.2, 0) is 26.7 Å². The van der Waals surface area contributed by atoms with E-state index in [0.29, 0.717) is 37.9 Å². The van der Waals surface area contributed by atoms with E-state index in [1.165, 1.54) is 16.1 Å². The fourth-order valence-electron chi connectivity index (χ4n) is 4.33. The number of nitrogens with two attached hydrogens (primary N) is 1.